The maximum absolute atomic E-state index is 11.9. The number of nitrogens with zero attached hydrogens (tertiary/aromatic N) is 6. The summed E-state index contributed by atoms with van der Waals surface area (Å²) in [7, 11) is 0. The molecule has 0 bridgehead atoms. The van der Waals surface area contributed by atoms with Gasteiger partial charge in [-0.1, -0.05) is 28.9 Å². The number of amides is 1. The Morgan fingerprint density at radius 2 is 2.13 bits per heavy atom. The Labute approximate surface area is 133 Å². The van der Waals surface area contributed by atoms with E-state index >= 15 is 0 Å². The molecule has 2 aromatic heterocycles. The third kappa shape index (κ3) is 3.32. The van der Waals surface area contributed by atoms with E-state index in [1.54, 1.807) is 24.3 Å². The van der Waals surface area contributed by atoms with Crippen molar-refractivity contribution in [3.05, 3.63) is 46.7 Å². The number of hydrogen-bond acceptors (Lipinski definition) is 8. The van der Waals surface area contributed by atoms with Crippen molar-refractivity contribution in [3.63, 3.8) is 0 Å². The SMILES string of the molecule is Nc1nonc1-n1cc(C(=O)N/N=C/c2ccc(Cl)cc2)nn1. The van der Waals surface area contributed by atoms with Gasteiger partial charge in [0.25, 0.3) is 5.91 Å². The molecule has 1 amide bonds. The van der Waals surface area contributed by atoms with Gasteiger partial charge in [-0.25, -0.2) is 10.1 Å². The second-order valence-corrected chi connectivity index (χ2v) is 4.71. The highest BCUT2D eigenvalue weighted by Crippen LogP contribution is 2.10. The van der Waals surface area contributed by atoms with Gasteiger partial charge < -0.3 is 5.73 Å². The highest BCUT2D eigenvalue weighted by molar-refractivity contribution is 6.30. The minimum atomic E-state index is -0.545. The van der Waals surface area contributed by atoms with Crippen molar-refractivity contribution in [2.75, 3.05) is 5.73 Å². The van der Waals surface area contributed by atoms with Crippen LogP contribution in [0.3, 0.4) is 0 Å². The van der Waals surface area contributed by atoms with E-state index in [9.17, 15) is 4.79 Å². The molecule has 3 N–H and O–H groups in total. The van der Waals surface area contributed by atoms with Gasteiger partial charge in [0.15, 0.2) is 5.69 Å². The fourth-order valence-corrected chi connectivity index (χ4v) is 1.72. The predicted molar refractivity (Wildman–Crippen MR) is 80.1 cm³/mol. The average molecular weight is 333 g/mol. The zero-order valence-corrected chi connectivity index (χ0v) is 12.2. The first-order valence-corrected chi connectivity index (χ1v) is 6.61. The van der Waals surface area contributed by atoms with Crippen LogP contribution in [0, 0.1) is 0 Å². The number of nitrogen functional groups attached to an aromatic ring is 1. The van der Waals surface area contributed by atoms with Crippen molar-refractivity contribution in [2.24, 2.45) is 5.10 Å². The minimum Gasteiger partial charge on any atom is -0.378 e. The zero-order chi connectivity index (χ0) is 16.2. The summed E-state index contributed by atoms with van der Waals surface area (Å²) >= 11 is 5.78. The molecule has 0 aliphatic heterocycles. The molecule has 0 unspecified atom stereocenters. The van der Waals surface area contributed by atoms with Gasteiger partial charge in [0.05, 0.1) is 12.4 Å². The van der Waals surface area contributed by atoms with Crippen molar-refractivity contribution in [2.45, 2.75) is 0 Å². The van der Waals surface area contributed by atoms with E-state index in [1.807, 2.05) is 0 Å². The molecule has 10 nitrogen and oxygen atoms in total. The topological polar surface area (TPSA) is 137 Å². The lowest BCUT2D eigenvalue weighted by Gasteiger charge is -1.95. The van der Waals surface area contributed by atoms with Crippen LogP contribution in [-0.4, -0.2) is 37.4 Å². The number of nitrogens with two attached hydrogens (primary N) is 1. The van der Waals surface area contributed by atoms with E-state index in [4.69, 9.17) is 17.3 Å². The summed E-state index contributed by atoms with van der Waals surface area (Å²) in [5, 5.41) is 18.8. The van der Waals surface area contributed by atoms with Crippen molar-refractivity contribution in [1.82, 2.24) is 30.7 Å². The molecule has 0 fully saturated rings. The van der Waals surface area contributed by atoms with E-state index in [-0.39, 0.29) is 17.3 Å². The van der Waals surface area contributed by atoms with Gasteiger partial charge in [-0.05, 0) is 28.0 Å². The Bertz CT molecular complexity index is 854. The normalized spacial score (nSPS) is 11.0. The summed E-state index contributed by atoms with van der Waals surface area (Å²) in [4.78, 5) is 11.9. The van der Waals surface area contributed by atoms with E-state index in [0.717, 1.165) is 5.56 Å². The van der Waals surface area contributed by atoms with Gasteiger partial charge in [0, 0.05) is 5.02 Å². The predicted octanol–water partition coefficient (Wildman–Crippen LogP) is 0.650. The Hall–Kier alpha value is -3.27. The van der Waals surface area contributed by atoms with Crippen molar-refractivity contribution in [3.8, 4) is 5.82 Å². The zero-order valence-electron chi connectivity index (χ0n) is 11.4. The van der Waals surface area contributed by atoms with Crippen molar-refractivity contribution >= 4 is 29.5 Å². The van der Waals surface area contributed by atoms with E-state index < -0.39 is 5.91 Å². The number of halogens is 1. The maximum atomic E-state index is 11.9. The van der Waals surface area contributed by atoms with E-state index in [0.29, 0.717) is 5.02 Å². The van der Waals surface area contributed by atoms with Gasteiger partial charge in [0.1, 0.15) is 0 Å². The number of carbonyl (C=O) groups is 1. The fourth-order valence-electron chi connectivity index (χ4n) is 1.59. The van der Waals surface area contributed by atoms with Crippen LogP contribution >= 0.6 is 11.6 Å². The molecule has 0 saturated heterocycles. The Kier molecular flexibility index (Phi) is 3.97. The summed E-state index contributed by atoms with van der Waals surface area (Å²) in [5.41, 5.74) is 8.66. The van der Waals surface area contributed by atoms with Crippen LogP contribution in [0.15, 0.2) is 40.2 Å². The van der Waals surface area contributed by atoms with Crippen LogP contribution in [0.5, 0.6) is 0 Å². The summed E-state index contributed by atoms with van der Waals surface area (Å²) in [6.07, 6.45) is 2.79. The van der Waals surface area contributed by atoms with Gasteiger partial charge in [0.2, 0.25) is 11.6 Å². The van der Waals surface area contributed by atoms with Crippen LogP contribution in [-0.2, 0) is 0 Å². The van der Waals surface area contributed by atoms with Crippen LogP contribution in [0.25, 0.3) is 5.82 Å². The molecule has 23 heavy (non-hydrogen) atoms. The molecular formula is C12H9ClN8O2. The number of aromatic nitrogens is 5. The molecule has 116 valence electrons. The second kappa shape index (κ2) is 6.23. The number of benzene rings is 1. The van der Waals surface area contributed by atoms with Gasteiger partial charge in [-0.2, -0.15) is 9.78 Å². The maximum Gasteiger partial charge on any atom is 0.293 e. The van der Waals surface area contributed by atoms with E-state index in [2.05, 4.69) is 35.8 Å². The molecule has 1 aromatic carbocycles. The quantitative estimate of drug-likeness (QED) is 0.528. The first kappa shape index (κ1) is 14.7. The monoisotopic (exact) mass is 332 g/mol. The summed E-state index contributed by atoms with van der Waals surface area (Å²) < 4.78 is 5.61. The number of carbonyl (C=O) groups excluding carboxylic acids is 1. The number of hydrazone groups is 1. The number of hydrogen-bond donors (Lipinski definition) is 2. The lowest BCUT2D eigenvalue weighted by atomic mass is 10.2. The number of nitrogens with one attached hydrogen (secondary N) is 1. The molecule has 0 aliphatic carbocycles. The van der Waals surface area contributed by atoms with E-state index in [1.165, 1.54) is 17.1 Å². The minimum absolute atomic E-state index is 0.0284. The fraction of sp³-hybridized carbons (Fsp3) is 0. The Morgan fingerprint density at radius 3 is 2.83 bits per heavy atom. The first-order valence-electron chi connectivity index (χ1n) is 6.23. The van der Waals surface area contributed by atoms with Crippen molar-refractivity contribution < 1.29 is 9.42 Å². The highest BCUT2D eigenvalue weighted by Gasteiger charge is 2.15. The number of rotatable bonds is 4. The smallest absolute Gasteiger partial charge is 0.293 e. The molecule has 0 aliphatic rings. The Balaban J connectivity index is 1.66. The largest absolute Gasteiger partial charge is 0.378 e. The third-order valence-corrected chi connectivity index (χ3v) is 2.94. The molecule has 0 saturated carbocycles. The number of anilines is 1. The van der Waals surface area contributed by atoms with Gasteiger partial charge in [-0.3, -0.25) is 4.79 Å². The molecule has 11 heteroatoms. The summed E-state index contributed by atoms with van der Waals surface area (Å²) in [6, 6.07) is 6.95. The van der Waals surface area contributed by atoms with Gasteiger partial charge >= 0.3 is 0 Å². The molecule has 0 spiro atoms. The Morgan fingerprint density at radius 1 is 1.35 bits per heavy atom. The molecule has 3 rings (SSSR count). The molecule has 3 aromatic rings. The molecular weight excluding hydrogens is 324 g/mol. The second-order valence-electron chi connectivity index (χ2n) is 4.27. The van der Waals surface area contributed by atoms with Gasteiger partial charge in [-0.15, -0.1) is 5.10 Å². The third-order valence-electron chi connectivity index (χ3n) is 2.69. The highest BCUT2D eigenvalue weighted by atomic mass is 35.5. The lowest BCUT2D eigenvalue weighted by molar-refractivity contribution is 0.0950. The molecule has 2 heterocycles. The molecule has 0 atom stereocenters. The average Bonchev–Trinajstić information content (AvgIpc) is 3.17. The van der Waals surface area contributed by atoms with Crippen LogP contribution < -0.4 is 11.2 Å². The van der Waals surface area contributed by atoms with Crippen LogP contribution in [0.4, 0.5) is 5.82 Å². The first-order chi connectivity index (χ1) is 11.1. The summed E-state index contributed by atoms with van der Waals surface area (Å²) in [6.45, 7) is 0. The van der Waals surface area contributed by atoms with Crippen LogP contribution in [0.1, 0.15) is 16.1 Å². The summed E-state index contributed by atoms with van der Waals surface area (Å²) in [5.74, 6) is -0.375. The van der Waals surface area contributed by atoms with Crippen molar-refractivity contribution in [1.29, 1.82) is 0 Å². The standard InChI is InChI=1S/C12H9ClN8O2/c13-8-3-1-7(2-4-8)5-15-17-12(22)9-6-21(20-16-9)11-10(14)18-23-19-11/h1-6H,(H2,14,18)(H,17,22)/b15-5+. The molecule has 0 radical (unpaired) electrons. The lowest BCUT2D eigenvalue weighted by Crippen LogP contribution is -2.18. The van der Waals surface area contributed by atoms with Crippen LogP contribution in [0.2, 0.25) is 5.02 Å².